The predicted molar refractivity (Wildman–Crippen MR) is 140 cm³/mol. The van der Waals surface area contributed by atoms with Crippen molar-refractivity contribution in [3.8, 4) is 11.6 Å². The summed E-state index contributed by atoms with van der Waals surface area (Å²) in [6.45, 7) is 2.46. The van der Waals surface area contributed by atoms with Gasteiger partial charge in [0.1, 0.15) is 29.3 Å². The number of anilines is 1. The van der Waals surface area contributed by atoms with E-state index in [4.69, 9.17) is 22.1 Å². The number of halogens is 2. The van der Waals surface area contributed by atoms with Crippen molar-refractivity contribution in [2.24, 2.45) is 5.73 Å². The number of aromatic carboxylic acids is 1. The molecule has 1 unspecified atom stereocenters. The van der Waals surface area contributed by atoms with Gasteiger partial charge < -0.3 is 20.9 Å². The van der Waals surface area contributed by atoms with Crippen LogP contribution in [0.15, 0.2) is 54.9 Å². The van der Waals surface area contributed by atoms with Gasteiger partial charge in [0.15, 0.2) is 0 Å². The highest BCUT2D eigenvalue weighted by Gasteiger charge is 2.19. The summed E-state index contributed by atoms with van der Waals surface area (Å²) >= 11 is 6.18. The lowest BCUT2D eigenvalue weighted by Gasteiger charge is -2.21. The highest BCUT2D eigenvalue weighted by Crippen LogP contribution is 2.30. The van der Waals surface area contributed by atoms with Crippen molar-refractivity contribution >= 4 is 46.8 Å². The Kier molecular flexibility index (Phi) is 8.56. The molecule has 1 atom stereocenters. The van der Waals surface area contributed by atoms with E-state index in [0.29, 0.717) is 23.8 Å². The van der Waals surface area contributed by atoms with Crippen molar-refractivity contribution in [2.45, 2.75) is 25.8 Å². The summed E-state index contributed by atoms with van der Waals surface area (Å²) in [6, 6.07) is 14.2. The number of carbonyl (C=O) groups is 1. The fraction of sp³-hybridized carbons (Fsp3) is 0.240. The average Bonchev–Trinajstić information content (AvgIpc) is 3.25. The molecule has 4 rings (SSSR count). The Bertz CT molecular complexity index is 1340. The van der Waals surface area contributed by atoms with Gasteiger partial charge in [0.25, 0.3) is 0 Å². The van der Waals surface area contributed by atoms with Crippen molar-refractivity contribution in [2.75, 3.05) is 19.0 Å². The Morgan fingerprint density at radius 1 is 1.26 bits per heavy atom. The number of aromatic nitrogens is 3. The number of nitrogens with one attached hydrogen (secondary N) is 1. The number of carboxylic acid groups (broad SMARTS) is 1. The number of carboxylic acids is 1. The van der Waals surface area contributed by atoms with Gasteiger partial charge in [-0.1, -0.05) is 30.7 Å². The fourth-order valence-electron chi connectivity index (χ4n) is 3.97. The third-order valence-corrected chi connectivity index (χ3v) is 5.94. The van der Waals surface area contributed by atoms with Crippen molar-refractivity contribution in [3.63, 3.8) is 0 Å². The number of rotatable bonds is 9. The van der Waals surface area contributed by atoms with Gasteiger partial charge in [-0.25, -0.2) is 14.8 Å². The van der Waals surface area contributed by atoms with E-state index in [1.54, 1.807) is 25.6 Å². The van der Waals surface area contributed by atoms with Crippen LogP contribution in [0.2, 0.25) is 5.02 Å². The zero-order chi connectivity index (χ0) is 24.2. The molecule has 0 radical (unpaired) electrons. The molecule has 0 spiro atoms. The van der Waals surface area contributed by atoms with Crippen molar-refractivity contribution in [1.82, 2.24) is 14.5 Å². The number of pyridine rings is 1. The van der Waals surface area contributed by atoms with Crippen molar-refractivity contribution in [3.05, 3.63) is 76.6 Å². The Morgan fingerprint density at radius 2 is 2.06 bits per heavy atom. The average molecular weight is 516 g/mol. The van der Waals surface area contributed by atoms with Crippen LogP contribution in [0.25, 0.3) is 16.9 Å². The van der Waals surface area contributed by atoms with Gasteiger partial charge in [-0.05, 0) is 60.8 Å². The second-order valence-electron chi connectivity index (χ2n) is 7.82. The largest absolute Gasteiger partial charge is 0.496 e. The van der Waals surface area contributed by atoms with Crippen LogP contribution in [0.1, 0.15) is 40.9 Å². The van der Waals surface area contributed by atoms with Gasteiger partial charge in [-0.2, -0.15) is 0 Å². The summed E-state index contributed by atoms with van der Waals surface area (Å²) in [6.07, 6.45) is 3.05. The SMILES string of the molecule is CCc1cc2ncn(-c3ccc(C(=O)O)c(NC(CCN)c4cccc(Cl)c4)n3)c2cc1OC.Cl. The molecule has 35 heavy (non-hydrogen) atoms. The van der Waals surface area contributed by atoms with E-state index in [-0.39, 0.29) is 29.8 Å². The minimum Gasteiger partial charge on any atom is -0.496 e. The quantitative estimate of drug-likeness (QED) is 0.278. The predicted octanol–water partition coefficient (Wildman–Crippen LogP) is 5.27. The first-order valence-corrected chi connectivity index (χ1v) is 11.3. The lowest BCUT2D eigenvalue weighted by molar-refractivity contribution is 0.0697. The molecule has 4 aromatic rings. The molecule has 0 aliphatic heterocycles. The lowest BCUT2D eigenvalue weighted by Crippen LogP contribution is -2.19. The number of fused-ring (bicyclic) bond motifs is 1. The first-order valence-electron chi connectivity index (χ1n) is 11.0. The number of aryl methyl sites for hydroxylation is 1. The maximum Gasteiger partial charge on any atom is 0.339 e. The van der Waals surface area contributed by atoms with Crippen molar-refractivity contribution < 1.29 is 14.6 Å². The smallest absolute Gasteiger partial charge is 0.339 e. The number of imidazole rings is 1. The number of hydrogen-bond donors (Lipinski definition) is 3. The molecular weight excluding hydrogens is 489 g/mol. The van der Waals surface area contributed by atoms with E-state index in [9.17, 15) is 9.90 Å². The molecule has 0 amide bonds. The Labute approximate surface area is 214 Å². The van der Waals surface area contributed by atoms with Gasteiger partial charge in [0, 0.05) is 11.1 Å². The molecule has 2 aromatic heterocycles. The van der Waals surface area contributed by atoms with Crippen LogP contribution < -0.4 is 15.8 Å². The number of benzene rings is 2. The molecule has 2 heterocycles. The molecule has 10 heteroatoms. The van der Waals surface area contributed by atoms with Gasteiger partial charge >= 0.3 is 5.97 Å². The molecule has 0 aliphatic rings. The van der Waals surface area contributed by atoms with Crippen LogP contribution >= 0.6 is 24.0 Å². The second kappa shape index (κ2) is 11.4. The maximum absolute atomic E-state index is 12.0. The third-order valence-electron chi connectivity index (χ3n) is 5.71. The number of nitrogens with two attached hydrogens (primary N) is 1. The first kappa shape index (κ1) is 26.3. The van der Waals surface area contributed by atoms with Crippen LogP contribution in [0.3, 0.4) is 0 Å². The van der Waals surface area contributed by atoms with E-state index in [0.717, 1.165) is 34.3 Å². The van der Waals surface area contributed by atoms with E-state index in [1.165, 1.54) is 6.07 Å². The molecule has 8 nitrogen and oxygen atoms in total. The van der Waals surface area contributed by atoms with Gasteiger partial charge in [0.05, 0.1) is 24.2 Å². The van der Waals surface area contributed by atoms with E-state index >= 15 is 0 Å². The van der Waals surface area contributed by atoms with Gasteiger partial charge in [-0.3, -0.25) is 4.57 Å². The van der Waals surface area contributed by atoms with Gasteiger partial charge in [0.2, 0.25) is 0 Å². The summed E-state index contributed by atoms with van der Waals surface area (Å²) in [4.78, 5) is 21.1. The highest BCUT2D eigenvalue weighted by molar-refractivity contribution is 6.30. The topological polar surface area (TPSA) is 115 Å². The molecule has 0 bridgehead atoms. The summed E-state index contributed by atoms with van der Waals surface area (Å²) in [5.74, 6) is 0.450. The van der Waals surface area contributed by atoms with Gasteiger partial charge in [-0.15, -0.1) is 12.4 Å². The number of methoxy groups -OCH3 is 1. The molecule has 184 valence electrons. The van der Waals surface area contributed by atoms with Crippen LogP contribution in [0.5, 0.6) is 5.75 Å². The van der Waals surface area contributed by atoms with E-state index in [1.807, 2.05) is 34.9 Å². The maximum atomic E-state index is 12.0. The van der Waals surface area contributed by atoms with Crippen LogP contribution in [0.4, 0.5) is 5.82 Å². The third kappa shape index (κ3) is 5.51. The highest BCUT2D eigenvalue weighted by atomic mass is 35.5. The van der Waals surface area contributed by atoms with Crippen molar-refractivity contribution in [1.29, 1.82) is 0 Å². The molecule has 0 saturated carbocycles. The molecular formula is C25H27Cl2N5O3. The number of ether oxygens (including phenoxy) is 1. The molecule has 4 N–H and O–H groups in total. The zero-order valence-electron chi connectivity index (χ0n) is 19.4. The van der Waals surface area contributed by atoms with Crippen LogP contribution in [0, 0.1) is 0 Å². The molecule has 0 aliphatic carbocycles. The molecule has 0 saturated heterocycles. The Morgan fingerprint density at radius 3 is 2.71 bits per heavy atom. The lowest BCUT2D eigenvalue weighted by atomic mass is 10.0. The van der Waals surface area contributed by atoms with E-state index < -0.39 is 5.97 Å². The standard InChI is InChI=1S/C25H26ClN5O3.ClH/c1-3-15-12-20-21(13-22(15)34-2)31(14-28-20)23-8-7-18(25(32)33)24(30-23)29-19(9-10-27)16-5-4-6-17(26)11-16;/h4-8,11-14,19H,3,9-10,27H2,1-2H3,(H,29,30)(H,32,33);1H. The summed E-state index contributed by atoms with van der Waals surface area (Å²) in [5, 5.41) is 13.6. The number of hydrogen-bond acceptors (Lipinski definition) is 6. The van der Waals surface area contributed by atoms with Crippen LogP contribution in [-0.4, -0.2) is 39.3 Å². The second-order valence-corrected chi connectivity index (χ2v) is 8.26. The summed E-state index contributed by atoms with van der Waals surface area (Å²) < 4.78 is 7.35. The fourth-order valence-corrected chi connectivity index (χ4v) is 4.17. The monoisotopic (exact) mass is 515 g/mol. The minimum absolute atomic E-state index is 0. The summed E-state index contributed by atoms with van der Waals surface area (Å²) in [5.41, 5.74) is 9.47. The van der Waals surface area contributed by atoms with Crippen LogP contribution in [-0.2, 0) is 6.42 Å². The Balaban J connectivity index is 0.00000342. The summed E-state index contributed by atoms with van der Waals surface area (Å²) in [7, 11) is 1.64. The van der Waals surface area contributed by atoms with E-state index in [2.05, 4.69) is 22.2 Å². The number of nitrogens with zero attached hydrogens (tertiary/aromatic N) is 3. The molecule has 2 aromatic carbocycles. The first-order chi connectivity index (χ1) is 16.4. The molecule has 0 fully saturated rings. The normalized spacial score (nSPS) is 11.7. The minimum atomic E-state index is -1.08. The zero-order valence-corrected chi connectivity index (χ0v) is 20.9. The Hall–Kier alpha value is -3.33.